The van der Waals surface area contributed by atoms with Gasteiger partial charge in [-0.2, -0.15) is 0 Å². The van der Waals surface area contributed by atoms with Crippen LogP contribution in [0.15, 0.2) is 72.8 Å². The molecule has 1 fully saturated rings. The number of benzene rings is 3. The highest BCUT2D eigenvalue weighted by Crippen LogP contribution is 2.31. The Labute approximate surface area is 224 Å². The van der Waals surface area contributed by atoms with Crippen LogP contribution in [0.1, 0.15) is 10.4 Å². The molecule has 0 aliphatic carbocycles. The van der Waals surface area contributed by atoms with Crippen molar-refractivity contribution in [3.05, 3.63) is 88.5 Å². The van der Waals surface area contributed by atoms with Crippen molar-refractivity contribution in [2.45, 2.75) is 0 Å². The zero-order chi connectivity index (χ0) is 24.9. The summed E-state index contributed by atoms with van der Waals surface area (Å²) in [5.41, 5.74) is 1.46. The molecule has 1 amide bonds. The van der Waals surface area contributed by atoms with E-state index in [0.29, 0.717) is 17.9 Å². The fourth-order valence-electron chi connectivity index (χ4n) is 4.04. The number of nitro groups is 1. The number of hydrogen-bond acceptors (Lipinski definition) is 8. The summed E-state index contributed by atoms with van der Waals surface area (Å²) in [4.78, 5) is 32.3. The molecular weight excluding hydrogens is 514 g/mol. The molecule has 37 heavy (non-hydrogen) atoms. The van der Waals surface area contributed by atoms with E-state index in [9.17, 15) is 14.9 Å². The standard InChI is InChI=1S/C26H25N5O4S.ClH/c32-25(19-6-9-22(10-7-19)35-21-4-2-1-3-5-21)27-12-13-29-14-16-30(17-15-29)26-28-23-11-8-20(31(33)34)18-24(23)36-26;/h1-11,18H,12-17H2,(H,27,32);1H. The lowest BCUT2D eigenvalue weighted by Gasteiger charge is -2.34. The minimum Gasteiger partial charge on any atom is -0.457 e. The molecule has 0 saturated carbocycles. The number of non-ortho nitro benzene ring substituents is 1. The normalized spacial score (nSPS) is 13.7. The van der Waals surface area contributed by atoms with Gasteiger partial charge in [-0.1, -0.05) is 29.5 Å². The molecule has 0 spiro atoms. The molecule has 1 N–H and O–H groups in total. The Morgan fingerprint density at radius 1 is 1.00 bits per heavy atom. The van der Waals surface area contributed by atoms with Crippen LogP contribution >= 0.6 is 23.7 Å². The predicted molar refractivity (Wildman–Crippen MR) is 147 cm³/mol. The number of nitro benzene ring substituents is 1. The van der Waals surface area contributed by atoms with Crippen molar-refractivity contribution in [1.29, 1.82) is 0 Å². The zero-order valence-electron chi connectivity index (χ0n) is 19.9. The van der Waals surface area contributed by atoms with E-state index < -0.39 is 0 Å². The fraction of sp³-hybridized carbons (Fsp3) is 0.231. The Morgan fingerprint density at radius 3 is 2.41 bits per heavy atom. The van der Waals surface area contributed by atoms with E-state index in [1.807, 2.05) is 30.3 Å². The van der Waals surface area contributed by atoms with Crippen LogP contribution in [0.4, 0.5) is 10.8 Å². The number of amides is 1. The van der Waals surface area contributed by atoms with E-state index in [-0.39, 0.29) is 28.9 Å². The number of piperazine rings is 1. The maximum Gasteiger partial charge on any atom is 0.270 e. The van der Waals surface area contributed by atoms with Gasteiger partial charge < -0.3 is 15.0 Å². The van der Waals surface area contributed by atoms with E-state index >= 15 is 0 Å². The first kappa shape index (κ1) is 26.3. The number of fused-ring (bicyclic) bond motifs is 1. The molecule has 11 heteroatoms. The molecule has 3 aromatic carbocycles. The Bertz CT molecular complexity index is 1360. The zero-order valence-corrected chi connectivity index (χ0v) is 21.5. The quantitative estimate of drug-likeness (QED) is 0.249. The van der Waals surface area contributed by atoms with Crippen molar-refractivity contribution in [3.63, 3.8) is 0 Å². The number of rotatable bonds is 8. The molecule has 9 nitrogen and oxygen atoms in total. The van der Waals surface area contributed by atoms with E-state index in [0.717, 1.165) is 53.8 Å². The van der Waals surface area contributed by atoms with Crippen LogP contribution in [0.5, 0.6) is 11.5 Å². The predicted octanol–water partition coefficient (Wildman–Crippen LogP) is 4.97. The second kappa shape index (κ2) is 12.0. The van der Waals surface area contributed by atoms with Crippen molar-refractivity contribution in [2.24, 2.45) is 0 Å². The van der Waals surface area contributed by atoms with Gasteiger partial charge in [-0.25, -0.2) is 4.98 Å². The molecule has 0 radical (unpaired) electrons. The number of ether oxygens (including phenoxy) is 1. The molecule has 1 saturated heterocycles. The first-order valence-corrected chi connectivity index (χ1v) is 12.5. The monoisotopic (exact) mass is 539 g/mol. The average molecular weight is 540 g/mol. The number of nitrogens with one attached hydrogen (secondary N) is 1. The highest BCUT2D eigenvalue weighted by Gasteiger charge is 2.20. The first-order chi connectivity index (χ1) is 17.5. The van der Waals surface area contributed by atoms with Crippen LogP contribution < -0.4 is 15.0 Å². The number of nitrogens with zero attached hydrogens (tertiary/aromatic N) is 4. The van der Waals surface area contributed by atoms with Crippen LogP contribution in [0.2, 0.25) is 0 Å². The molecule has 0 bridgehead atoms. The first-order valence-electron chi connectivity index (χ1n) is 11.7. The number of hydrogen-bond donors (Lipinski definition) is 1. The molecule has 1 aliphatic heterocycles. The van der Waals surface area contributed by atoms with Crippen LogP contribution in [-0.2, 0) is 0 Å². The molecule has 192 valence electrons. The van der Waals surface area contributed by atoms with Crippen molar-refractivity contribution >= 4 is 50.7 Å². The Hall–Kier alpha value is -3.73. The van der Waals surface area contributed by atoms with Crippen molar-refractivity contribution in [3.8, 4) is 11.5 Å². The second-order valence-electron chi connectivity index (χ2n) is 8.43. The van der Waals surface area contributed by atoms with Gasteiger partial charge in [0.05, 0.1) is 15.1 Å². The molecule has 0 atom stereocenters. The van der Waals surface area contributed by atoms with Gasteiger partial charge in [0.2, 0.25) is 0 Å². The van der Waals surface area contributed by atoms with E-state index in [1.165, 1.54) is 17.4 Å². The summed E-state index contributed by atoms with van der Waals surface area (Å²) in [5.74, 6) is 1.33. The number of para-hydroxylation sites is 1. The smallest absolute Gasteiger partial charge is 0.270 e. The van der Waals surface area contributed by atoms with E-state index in [4.69, 9.17) is 4.74 Å². The van der Waals surface area contributed by atoms with Crippen molar-refractivity contribution in [2.75, 3.05) is 44.2 Å². The maximum absolute atomic E-state index is 12.5. The molecule has 2 heterocycles. The van der Waals surface area contributed by atoms with Crippen LogP contribution in [0.25, 0.3) is 10.2 Å². The summed E-state index contributed by atoms with van der Waals surface area (Å²) in [5, 5.41) is 14.9. The summed E-state index contributed by atoms with van der Waals surface area (Å²) < 4.78 is 6.60. The summed E-state index contributed by atoms with van der Waals surface area (Å²) >= 11 is 1.48. The fourth-order valence-corrected chi connectivity index (χ4v) is 5.09. The largest absolute Gasteiger partial charge is 0.457 e. The summed E-state index contributed by atoms with van der Waals surface area (Å²) in [6.45, 7) is 4.68. The van der Waals surface area contributed by atoms with Gasteiger partial charge in [-0.05, 0) is 42.5 Å². The van der Waals surface area contributed by atoms with Gasteiger partial charge in [-0.15, -0.1) is 12.4 Å². The topological polar surface area (TPSA) is 101 Å². The van der Waals surface area contributed by atoms with Crippen molar-refractivity contribution in [1.82, 2.24) is 15.2 Å². The van der Waals surface area contributed by atoms with Gasteiger partial charge in [0.25, 0.3) is 11.6 Å². The number of aromatic nitrogens is 1. The lowest BCUT2D eigenvalue weighted by molar-refractivity contribution is -0.384. The van der Waals surface area contributed by atoms with Crippen LogP contribution in [0.3, 0.4) is 0 Å². The lowest BCUT2D eigenvalue weighted by Crippen LogP contribution is -2.48. The third-order valence-corrected chi connectivity index (χ3v) is 7.10. The van der Waals surface area contributed by atoms with Crippen molar-refractivity contribution < 1.29 is 14.5 Å². The molecule has 5 rings (SSSR count). The van der Waals surface area contributed by atoms with Gasteiger partial charge in [0, 0.05) is 57.0 Å². The van der Waals surface area contributed by atoms with E-state index in [2.05, 4.69) is 20.1 Å². The Kier molecular flexibility index (Phi) is 8.54. The van der Waals surface area contributed by atoms with Crippen LogP contribution in [-0.4, -0.2) is 60.0 Å². The van der Waals surface area contributed by atoms with E-state index in [1.54, 1.807) is 36.4 Å². The minimum absolute atomic E-state index is 0. The molecule has 0 unspecified atom stereocenters. The SMILES string of the molecule is Cl.O=C(NCCN1CCN(c2nc3ccc([N+](=O)[O-])cc3s2)CC1)c1ccc(Oc2ccccc2)cc1. The van der Waals surface area contributed by atoms with Gasteiger partial charge >= 0.3 is 0 Å². The highest BCUT2D eigenvalue weighted by molar-refractivity contribution is 7.22. The Balaban J connectivity index is 0.00000320. The molecule has 1 aliphatic rings. The summed E-state index contributed by atoms with van der Waals surface area (Å²) in [6.07, 6.45) is 0. The van der Waals surface area contributed by atoms with Gasteiger partial charge in [0.15, 0.2) is 5.13 Å². The number of thiazole rings is 1. The minimum atomic E-state index is -0.383. The number of halogens is 1. The molecule has 1 aromatic heterocycles. The summed E-state index contributed by atoms with van der Waals surface area (Å²) in [7, 11) is 0. The maximum atomic E-state index is 12.5. The highest BCUT2D eigenvalue weighted by atomic mass is 35.5. The van der Waals surface area contributed by atoms with Gasteiger partial charge in [0.1, 0.15) is 11.5 Å². The lowest BCUT2D eigenvalue weighted by atomic mass is 10.2. The number of anilines is 1. The third kappa shape index (κ3) is 6.53. The third-order valence-electron chi connectivity index (χ3n) is 6.02. The average Bonchev–Trinajstić information content (AvgIpc) is 3.33. The number of carbonyl (C=O) groups excluding carboxylic acids is 1. The molecule has 4 aromatic rings. The Morgan fingerprint density at radius 2 is 1.70 bits per heavy atom. The molecular formula is C26H26ClN5O4S. The van der Waals surface area contributed by atoms with Crippen LogP contribution in [0, 0.1) is 10.1 Å². The summed E-state index contributed by atoms with van der Waals surface area (Å²) in [6, 6.07) is 21.4. The van der Waals surface area contributed by atoms with Gasteiger partial charge in [-0.3, -0.25) is 19.8 Å². The number of carbonyl (C=O) groups is 1. The second-order valence-corrected chi connectivity index (χ2v) is 9.44.